The maximum atomic E-state index is 14.9. The highest BCUT2D eigenvalue weighted by Gasteiger charge is 2.21. The van der Waals surface area contributed by atoms with E-state index in [1.165, 1.54) is 6.07 Å². The molecule has 0 atom stereocenters. The second-order valence-corrected chi connectivity index (χ2v) is 8.96. The summed E-state index contributed by atoms with van der Waals surface area (Å²) in [6.07, 6.45) is 1.70. The van der Waals surface area contributed by atoms with Crippen molar-refractivity contribution in [2.75, 3.05) is 11.9 Å². The van der Waals surface area contributed by atoms with Crippen molar-refractivity contribution in [2.45, 2.75) is 46.7 Å². The Hall–Kier alpha value is -3.95. The van der Waals surface area contributed by atoms with Crippen LogP contribution < -0.4 is 5.32 Å². The molecule has 3 aromatic heterocycles. The Morgan fingerprint density at radius 2 is 1.91 bits per heavy atom. The van der Waals surface area contributed by atoms with E-state index in [2.05, 4.69) is 25.3 Å². The van der Waals surface area contributed by atoms with Gasteiger partial charge in [0.05, 0.1) is 11.7 Å². The van der Waals surface area contributed by atoms with Gasteiger partial charge >= 0.3 is 0 Å². The van der Waals surface area contributed by atoms with Crippen molar-refractivity contribution in [3.05, 3.63) is 59.2 Å². The van der Waals surface area contributed by atoms with Crippen LogP contribution in [-0.2, 0) is 17.8 Å². The van der Waals surface area contributed by atoms with Crippen molar-refractivity contribution in [3.8, 4) is 11.3 Å². The summed E-state index contributed by atoms with van der Waals surface area (Å²) in [6.45, 7) is 8.46. The zero-order valence-corrected chi connectivity index (χ0v) is 19.9. The van der Waals surface area contributed by atoms with Gasteiger partial charge in [-0.15, -0.1) is 0 Å². The maximum absolute atomic E-state index is 14.9. The largest absolute Gasteiger partial charge is 0.338 e. The first kappa shape index (κ1) is 22.8. The van der Waals surface area contributed by atoms with Gasteiger partial charge in [0.1, 0.15) is 22.9 Å². The highest BCUT2D eigenvalue weighted by Crippen LogP contribution is 2.30. The number of amides is 1. The van der Waals surface area contributed by atoms with Gasteiger partial charge in [-0.1, -0.05) is 6.07 Å². The number of anilines is 2. The Morgan fingerprint density at radius 1 is 1.11 bits per heavy atom. The highest BCUT2D eigenvalue weighted by atomic mass is 19.1. The molecular formula is C25H25F2N7O. The predicted octanol–water partition coefficient (Wildman–Crippen LogP) is 4.70. The third-order valence-corrected chi connectivity index (χ3v) is 6.19. The van der Waals surface area contributed by atoms with Crippen LogP contribution in [0.3, 0.4) is 0 Å². The number of benzene rings is 1. The number of aromatic nitrogens is 5. The molecule has 5 rings (SSSR count). The van der Waals surface area contributed by atoms with E-state index in [4.69, 9.17) is 0 Å². The first-order chi connectivity index (χ1) is 16.7. The first-order valence-corrected chi connectivity index (χ1v) is 11.4. The predicted molar refractivity (Wildman–Crippen MR) is 128 cm³/mol. The molecule has 1 aromatic carbocycles. The highest BCUT2D eigenvalue weighted by molar-refractivity contribution is 5.83. The van der Waals surface area contributed by atoms with E-state index in [0.717, 1.165) is 17.5 Å². The lowest BCUT2D eigenvalue weighted by Crippen LogP contribution is -2.34. The molecule has 1 aliphatic heterocycles. The lowest BCUT2D eigenvalue weighted by molar-refractivity contribution is -0.129. The molecule has 0 saturated heterocycles. The number of hydrogen-bond acceptors (Lipinski definition) is 6. The summed E-state index contributed by atoms with van der Waals surface area (Å²) >= 11 is 0. The van der Waals surface area contributed by atoms with Gasteiger partial charge in [0.15, 0.2) is 11.6 Å². The SMILES string of the molecule is CC(=O)N1CCc2nc(Nc3ncc(F)c(-c4cc(F)c5nc(C)n(C(C)C)c5c4)n3)ccc2C1. The Bertz CT molecular complexity index is 1460. The molecule has 4 aromatic rings. The summed E-state index contributed by atoms with van der Waals surface area (Å²) in [4.78, 5) is 30.8. The molecule has 0 radical (unpaired) electrons. The maximum Gasteiger partial charge on any atom is 0.229 e. The molecule has 1 amide bonds. The van der Waals surface area contributed by atoms with Crippen LogP contribution in [0.5, 0.6) is 0 Å². The van der Waals surface area contributed by atoms with Crippen molar-refractivity contribution in [1.29, 1.82) is 0 Å². The average Bonchev–Trinajstić information content (AvgIpc) is 3.16. The van der Waals surface area contributed by atoms with Gasteiger partial charge in [-0.3, -0.25) is 4.79 Å². The third kappa shape index (κ3) is 4.20. The summed E-state index contributed by atoms with van der Waals surface area (Å²) in [6, 6.07) is 6.67. The number of carbonyl (C=O) groups is 1. The lowest BCUT2D eigenvalue weighted by atomic mass is 10.1. The molecule has 4 heterocycles. The fraction of sp³-hybridized carbons (Fsp3) is 0.320. The van der Waals surface area contributed by atoms with Crippen molar-refractivity contribution in [2.24, 2.45) is 0 Å². The number of nitrogens with one attached hydrogen (secondary N) is 1. The van der Waals surface area contributed by atoms with E-state index in [9.17, 15) is 13.6 Å². The van der Waals surface area contributed by atoms with E-state index in [1.54, 1.807) is 24.0 Å². The Kier molecular flexibility index (Phi) is 5.66. The van der Waals surface area contributed by atoms with Crippen molar-refractivity contribution < 1.29 is 13.6 Å². The van der Waals surface area contributed by atoms with Gasteiger partial charge in [-0.05, 0) is 44.5 Å². The molecule has 0 bridgehead atoms. The van der Waals surface area contributed by atoms with Crippen molar-refractivity contribution in [3.63, 3.8) is 0 Å². The standard InChI is InChI=1S/C25H25F2N7O/c1-13(2)34-14(3)29-24-18(26)9-17(10-21(24)34)23-19(27)11-28-25(32-23)31-22-6-5-16-12-33(15(4)35)8-7-20(16)30-22/h5-6,9-11,13H,7-8,12H2,1-4H3,(H,28,30,31,32). The van der Waals surface area contributed by atoms with Gasteiger partial charge in [0.2, 0.25) is 11.9 Å². The summed E-state index contributed by atoms with van der Waals surface area (Å²) in [5, 5.41) is 3.02. The Morgan fingerprint density at radius 3 is 2.66 bits per heavy atom. The van der Waals surface area contributed by atoms with E-state index >= 15 is 0 Å². The number of rotatable bonds is 4. The third-order valence-electron chi connectivity index (χ3n) is 6.19. The summed E-state index contributed by atoms with van der Waals surface area (Å²) < 4.78 is 31.6. The second kappa shape index (κ2) is 8.68. The normalized spacial score (nSPS) is 13.4. The van der Waals surface area contributed by atoms with Gasteiger partial charge in [-0.2, -0.15) is 0 Å². The van der Waals surface area contributed by atoms with Crippen molar-refractivity contribution >= 4 is 28.7 Å². The molecule has 0 unspecified atom stereocenters. The van der Waals surface area contributed by atoms with Gasteiger partial charge in [-0.25, -0.2) is 28.7 Å². The zero-order valence-electron chi connectivity index (χ0n) is 19.9. The minimum atomic E-state index is -0.663. The molecule has 8 nitrogen and oxygen atoms in total. The number of carbonyl (C=O) groups excluding carboxylic acids is 1. The van der Waals surface area contributed by atoms with Crippen LogP contribution in [0.4, 0.5) is 20.5 Å². The fourth-order valence-electron chi connectivity index (χ4n) is 4.56. The minimum Gasteiger partial charge on any atom is -0.338 e. The van der Waals surface area contributed by atoms with Crippen LogP contribution >= 0.6 is 0 Å². The summed E-state index contributed by atoms with van der Waals surface area (Å²) in [5.74, 6) is 0.164. The van der Waals surface area contributed by atoms with Crippen LogP contribution in [0, 0.1) is 18.6 Å². The number of nitrogens with zero attached hydrogens (tertiary/aromatic N) is 6. The molecule has 35 heavy (non-hydrogen) atoms. The van der Waals surface area contributed by atoms with Crippen LogP contribution in [0.2, 0.25) is 0 Å². The Balaban J connectivity index is 1.48. The second-order valence-electron chi connectivity index (χ2n) is 8.96. The van der Waals surface area contributed by atoms with E-state index in [-0.39, 0.29) is 29.1 Å². The number of halogens is 2. The molecule has 0 spiro atoms. The molecule has 10 heteroatoms. The van der Waals surface area contributed by atoms with Crippen molar-refractivity contribution in [1.82, 2.24) is 29.4 Å². The quantitative estimate of drug-likeness (QED) is 0.458. The van der Waals surface area contributed by atoms with E-state index in [0.29, 0.717) is 42.2 Å². The first-order valence-electron chi connectivity index (χ1n) is 11.4. The van der Waals surface area contributed by atoms with Gasteiger partial charge in [0.25, 0.3) is 0 Å². The molecule has 1 N–H and O–H groups in total. The molecule has 0 saturated carbocycles. The van der Waals surface area contributed by atoms with Gasteiger partial charge < -0.3 is 14.8 Å². The molecule has 0 aliphatic carbocycles. The molecule has 180 valence electrons. The number of hydrogen-bond donors (Lipinski definition) is 1. The molecule has 1 aliphatic rings. The molecule has 0 fully saturated rings. The van der Waals surface area contributed by atoms with E-state index in [1.807, 2.05) is 31.4 Å². The average molecular weight is 478 g/mol. The summed E-state index contributed by atoms with van der Waals surface area (Å²) in [7, 11) is 0. The smallest absolute Gasteiger partial charge is 0.229 e. The Labute approximate surface area is 201 Å². The fourth-order valence-corrected chi connectivity index (χ4v) is 4.56. The summed E-state index contributed by atoms with van der Waals surface area (Å²) in [5.41, 5.74) is 2.97. The monoisotopic (exact) mass is 477 g/mol. The van der Waals surface area contributed by atoms with Gasteiger partial charge in [0, 0.05) is 43.7 Å². The molecular weight excluding hydrogens is 452 g/mol. The number of imidazole rings is 1. The lowest BCUT2D eigenvalue weighted by Gasteiger charge is -2.27. The van der Waals surface area contributed by atoms with Crippen LogP contribution in [0.25, 0.3) is 22.3 Å². The number of aryl methyl sites for hydroxylation is 1. The zero-order chi connectivity index (χ0) is 24.9. The minimum absolute atomic E-state index is 0.0208. The van der Waals surface area contributed by atoms with Crippen LogP contribution in [0.15, 0.2) is 30.5 Å². The number of fused-ring (bicyclic) bond motifs is 2. The van der Waals surface area contributed by atoms with Crippen LogP contribution in [0.1, 0.15) is 43.9 Å². The van der Waals surface area contributed by atoms with Crippen LogP contribution in [-0.4, -0.2) is 41.9 Å². The number of pyridine rings is 1. The van der Waals surface area contributed by atoms with E-state index < -0.39 is 11.6 Å². The topological polar surface area (TPSA) is 88.8 Å².